The van der Waals surface area contributed by atoms with E-state index in [9.17, 15) is 18.0 Å². The molecule has 30 heavy (non-hydrogen) atoms. The minimum Gasteiger partial charge on any atom is -0.497 e. The van der Waals surface area contributed by atoms with Crippen LogP contribution in [-0.2, 0) is 20.9 Å². The van der Waals surface area contributed by atoms with Crippen molar-refractivity contribution in [3.8, 4) is 5.75 Å². The van der Waals surface area contributed by atoms with Gasteiger partial charge in [0.25, 0.3) is 0 Å². The predicted molar refractivity (Wildman–Crippen MR) is 102 cm³/mol. The summed E-state index contributed by atoms with van der Waals surface area (Å²) in [6.07, 6.45) is -2.99. The highest BCUT2D eigenvalue weighted by Gasteiger charge is 2.42. The number of benzene rings is 1. The third kappa shape index (κ3) is 6.33. The van der Waals surface area contributed by atoms with Gasteiger partial charge in [-0.25, -0.2) is 4.79 Å². The Bertz CT molecular complexity index is 724. The van der Waals surface area contributed by atoms with Crippen LogP contribution in [0.5, 0.6) is 5.75 Å². The summed E-state index contributed by atoms with van der Waals surface area (Å²) in [5.41, 5.74) is 1.24. The minimum absolute atomic E-state index is 0.0302. The van der Waals surface area contributed by atoms with E-state index in [0.717, 1.165) is 38.3 Å². The summed E-state index contributed by atoms with van der Waals surface area (Å²) in [6.45, 7) is 2.47. The van der Waals surface area contributed by atoms with Crippen molar-refractivity contribution < 1.29 is 37.3 Å². The van der Waals surface area contributed by atoms with Crippen molar-refractivity contribution in [3.63, 3.8) is 0 Å². The van der Waals surface area contributed by atoms with Gasteiger partial charge in [0.15, 0.2) is 0 Å². The van der Waals surface area contributed by atoms with E-state index < -0.39 is 12.1 Å². The highest BCUT2D eigenvalue weighted by Crippen LogP contribution is 2.33. The van der Waals surface area contributed by atoms with Gasteiger partial charge in [0, 0.05) is 39.8 Å². The van der Waals surface area contributed by atoms with Gasteiger partial charge in [0.05, 0.1) is 19.1 Å². The molecule has 0 saturated carbocycles. The summed E-state index contributed by atoms with van der Waals surface area (Å²) >= 11 is 0. The first kappa shape index (κ1) is 23.9. The Morgan fingerprint density at radius 2 is 1.87 bits per heavy atom. The van der Waals surface area contributed by atoms with Crippen LogP contribution in [0.1, 0.15) is 18.4 Å². The molecule has 7 nitrogen and oxygen atoms in total. The Morgan fingerprint density at radius 1 is 1.27 bits per heavy atom. The third-order valence-corrected chi connectivity index (χ3v) is 5.19. The molecule has 0 aliphatic carbocycles. The SMILES string of the molecule is COc1ccc(CN2C[C@@H](C(=O)N(C)C)C[C@H]3OCC[C@H]32)cc1.O=C(O)C(F)(F)F. The zero-order chi connectivity index (χ0) is 22.5. The second kappa shape index (κ2) is 10.1. The fourth-order valence-corrected chi connectivity index (χ4v) is 3.74. The van der Waals surface area contributed by atoms with Crippen molar-refractivity contribution in [3.05, 3.63) is 29.8 Å². The normalized spacial score (nSPS) is 23.7. The molecule has 2 aliphatic heterocycles. The van der Waals surface area contributed by atoms with Crippen LogP contribution < -0.4 is 4.74 Å². The zero-order valence-corrected chi connectivity index (χ0v) is 17.2. The summed E-state index contributed by atoms with van der Waals surface area (Å²) in [5.74, 6) is -1.65. The van der Waals surface area contributed by atoms with Gasteiger partial charge in [0.2, 0.25) is 5.91 Å². The van der Waals surface area contributed by atoms with Crippen LogP contribution in [0.2, 0.25) is 0 Å². The smallest absolute Gasteiger partial charge is 0.490 e. The molecule has 0 radical (unpaired) electrons. The van der Waals surface area contributed by atoms with Gasteiger partial charge in [-0.2, -0.15) is 13.2 Å². The third-order valence-electron chi connectivity index (χ3n) is 5.19. The number of methoxy groups -OCH3 is 1. The molecular formula is C20H27F3N2O5. The lowest BCUT2D eigenvalue weighted by Gasteiger charge is -2.41. The number of hydrogen-bond acceptors (Lipinski definition) is 5. The van der Waals surface area contributed by atoms with E-state index >= 15 is 0 Å². The molecule has 3 atom stereocenters. The quantitative estimate of drug-likeness (QED) is 0.787. The molecule has 1 amide bonds. The fourth-order valence-electron chi connectivity index (χ4n) is 3.74. The van der Waals surface area contributed by atoms with Gasteiger partial charge in [-0.3, -0.25) is 9.69 Å². The van der Waals surface area contributed by atoms with Gasteiger partial charge in [-0.1, -0.05) is 12.1 Å². The average Bonchev–Trinajstić information content (AvgIpc) is 3.16. The second-order valence-electron chi connectivity index (χ2n) is 7.51. The van der Waals surface area contributed by atoms with E-state index in [1.165, 1.54) is 5.56 Å². The first-order chi connectivity index (χ1) is 14.0. The molecule has 0 aromatic heterocycles. The second-order valence-corrected chi connectivity index (χ2v) is 7.51. The summed E-state index contributed by atoms with van der Waals surface area (Å²) in [4.78, 5) is 25.4. The monoisotopic (exact) mass is 432 g/mol. The number of likely N-dealkylation sites (tertiary alicyclic amines) is 1. The number of piperidine rings is 1. The van der Waals surface area contributed by atoms with Gasteiger partial charge in [0.1, 0.15) is 5.75 Å². The number of carboxylic acids is 1. The number of carbonyl (C=O) groups excluding carboxylic acids is 1. The molecule has 1 N–H and O–H groups in total. The van der Waals surface area contributed by atoms with Gasteiger partial charge < -0.3 is 19.5 Å². The van der Waals surface area contributed by atoms with Crippen LogP contribution in [0.25, 0.3) is 0 Å². The lowest BCUT2D eigenvalue weighted by Crippen LogP contribution is -2.52. The van der Waals surface area contributed by atoms with E-state index in [1.807, 2.05) is 26.2 Å². The largest absolute Gasteiger partial charge is 0.497 e. The van der Waals surface area contributed by atoms with Crippen molar-refractivity contribution in [1.82, 2.24) is 9.80 Å². The lowest BCUT2D eigenvalue weighted by atomic mass is 9.89. The molecule has 2 fully saturated rings. The Morgan fingerprint density at radius 3 is 2.37 bits per heavy atom. The first-order valence-electron chi connectivity index (χ1n) is 9.52. The molecule has 2 heterocycles. The number of amides is 1. The molecule has 0 bridgehead atoms. The van der Waals surface area contributed by atoms with E-state index in [4.69, 9.17) is 19.4 Å². The number of ether oxygens (including phenoxy) is 2. The highest BCUT2D eigenvalue weighted by molar-refractivity contribution is 5.78. The summed E-state index contributed by atoms with van der Waals surface area (Å²) in [7, 11) is 5.34. The lowest BCUT2D eigenvalue weighted by molar-refractivity contribution is -0.192. The number of aliphatic carboxylic acids is 1. The Balaban J connectivity index is 0.000000396. The number of carboxylic acid groups (broad SMARTS) is 1. The number of carbonyl (C=O) groups is 2. The molecule has 1 aromatic rings. The first-order valence-corrected chi connectivity index (χ1v) is 9.52. The van der Waals surface area contributed by atoms with E-state index in [2.05, 4.69) is 17.0 Å². The molecule has 0 unspecified atom stereocenters. The number of nitrogens with zero attached hydrogens (tertiary/aromatic N) is 2. The Labute approximate surface area is 173 Å². The molecule has 2 saturated heterocycles. The van der Waals surface area contributed by atoms with Crippen LogP contribution in [0.4, 0.5) is 13.2 Å². The van der Waals surface area contributed by atoms with Gasteiger partial charge in [-0.05, 0) is 30.5 Å². The van der Waals surface area contributed by atoms with E-state index in [-0.39, 0.29) is 17.9 Å². The number of hydrogen-bond donors (Lipinski definition) is 1. The van der Waals surface area contributed by atoms with Crippen LogP contribution in [0, 0.1) is 5.92 Å². The predicted octanol–water partition coefficient (Wildman–Crippen LogP) is 2.40. The number of alkyl halides is 3. The summed E-state index contributed by atoms with van der Waals surface area (Å²) in [5, 5.41) is 7.12. The summed E-state index contributed by atoms with van der Waals surface area (Å²) in [6, 6.07) is 8.61. The standard InChI is InChI=1S/C18H26N2O3.C2HF3O2/c1-19(2)18(21)14-10-17-16(8-9-23-17)20(12-14)11-13-4-6-15(22-3)7-5-13;3-2(4,5)1(6)7/h4-7,14,16-17H,8-12H2,1-3H3;(H,6,7)/t14-,16+,17+;/m0./s1. The van der Waals surface area contributed by atoms with E-state index in [0.29, 0.717) is 6.04 Å². The summed E-state index contributed by atoms with van der Waals surface area (Å²) < 4.78 is 42.8. The van der Waals surface area contributed by atoms with E-state index in [1.54, 1.807) is 12.0 Å². The van der Waals surface area contributed by atoms with Crippen LogP contribution in [-0.4, -0.2) is 79.5 Å². The van der Waals surface area contributed by atoms with Crippen LogP contribution in [0.3, 0.4) is 0 Å². The van der Waals surface area contributed by atoms with Crippen molar-refractivity contribution >= 4 is 11.9 Å². The van der Waals surface area contributed by atoms with Crippen LogP contribution in [0.15, 0.2) is 24.3 Å². The van der Waals surface area contributed by atoms with Crippen molar-refractivity contribution in [2.75, 3.05) is 34.4 Å². The van der Waals surface area contributed by atoms with Gasteiger partial charge in [-0.15, -0.1) is 0 Å². The maximum Gasteiger partial charge on any atom is 0.490 e. The topological polar surface area (TPSA) is 79.3 Å². The van der Waals surface area contributed by atoms with Crippen molar-refractivity contribution in [2.24, 2.45) is 5.92 Å². The zero-order valence-electron chi connectivity index (χ0n) is 17.2. The molecule has 2 aliphatic rings. The Kier molecular flexibility index (Phi) is 8.08. The fraction of sp³-hybridized carbons (Fsp3) is 0.600. The highest BCUT2D eigenvalue weighted by atomic mass is 19.4. The van der Waals surface area contributed by atoms with Crippen molar-refractivity contribution in [2.45, 2.75) is 37.7 Å². The van der Waals surface area contributed by atoms with Gasteiger partial charge >= 0.3 is 12.1 Å². The Hall–Kier alpha value is -2.33. The number of fused-ring (bicyclic) bond motifs is 1. The average molecular weight is 432 g/mol. The molecule has 3 rings (SSSR count). The molecule has 168 valence electrons. The van der Waals surface area contributed by atoms with Crippen molar-refractivity contribution in [1.29, 1.82) is 0 Å². The number of rotatable bonds is 4. The van der Waals surface area contributed by atoms with Crippen LogP contribution >= 0.6 is 0 Å². The molecule has 10 heteroatoms. The number of halogens is 3. The minimum atomic E-state index is -5.08. The maximum atomic E-state index is 12.4. The molecular weight excluding hydrogens is 405 g/mol. The maximum absolute atomic E-state index is 12.4. The molecule has 1 aromatic carbocycles. The molecule has 0 spiro atoms.